The number of nitrogens with one attached hydrogen (secondary N) is 1. The molecule has 4 heterocycles. The van der Waals surface area contributed by atoms with Gasteiger partial charge >= 0.3 is 5.97 Å². The van der Waals surface area contributed by atoms with Crippen LogP contribution in [0.25, 0.3) is 0 Å². The van der Waals surface area contributed by atoms with Gasteiger partial charge in [0.05, 0.1) is 23.8 Å². The number of hydrogen-bond acceptors (Lipinski definition) is 12. The van der Waals surface area contributed by atoms with Crippen molar-refractivity contribution in [1.82, 2.24) is 15.2 Å². The lowest BCUT2D eigenvalue weighted by Gasteiger charge is -2.54. The van der Waals surface area contributed by atoms with Crippen LogP contribution < -0.4 is 20.7 Å². The maximum atomic E-state index is 13.2. The molecule has 2 aromatic heterocycles. The molecule has 4 rings (SSSR count). The predicted molar refractivity (Wildman–Crippen MR) is 139 cm³/mol. The van der Waals surface area contributed by atoms with Gasteiger partial charge in [0.25, 0.3) is 5.91 Å². The normalized spacial score (nSPS) is 21.2. The largest absolute Gasteiger partial charge is 0.543 e. The van der Waals surface area contributed by atoms with Crippen molar-refractivity contribution in [3.63, 3.8) is 0 Å². The summed E-state index contributed by atoms with van der Waals surface area (Å²) in [6, 6.07) is 3.28. The molecule has 1 saturated heterocycles. The molecular formula is C24H28N6O7S2. The predicted octanol–water partition coefficient (Wildman–Crippen LogP) is -0.525. The van der Waals surface area contributed by atoms with Crippen molar-refractivity contribution in [2.45, 2.75) is 49.6 Å². The molecule has 1 fully saturated rings. The number of carbonyl (C=O) groups is 3. The zero-order valence-electron chi connectivity index (χ0n) is 21.6. The molecule has 13 nitrogen and oxygen atoms in total. The monoisotopic (exact) mass is 576 g/mol. The molecule has 0 saturated carbocycles. The van der Waals surface area contributed by atoms with E-state index in [1.54, 1.807) is 11.8 Å². The summed E-state index contributed by atoms with van der Waals surface area (Å²) < 4.78 is 8.00. The van der Waals surface area contributed by atoms with Crippen LogP contribution in [0, 0.1) is 0 Å². The van der Waals surface area contributed by atoms with Gasteiger partial charge in [-0.15, -0.1) is 23.1 Å². The standard InChI is InChI=1S/C24H28N6O7S2/c1-12-14(10-38-13-5-7-29(4)8-6-13)18(21(32)33)30-9-15(20(30)36-12)26-19(31)17(16-11-39-23(25)27-16)28-37-24(2,3)22(34)35/h5-8,11-12,15,20H,9-10H2,1-4H3,(H4-,25,26,27,31,32,33,34,35)/b28-17-/t12-,15+,20+/m0/s1. The van der Waals surface area contributed by atoms with E-state index in [-0.39, 0.29) is 28.8 Å². The van der Waals surface area contributed by atoms with Gasteiger partial charge in [-0.2, -0.15) is 0 Å². The molecule has 0 radical (unpaired) electrons. The molecule has 0 aliphatic carbocycles. The number of carboxylic acid groups (broad SMARTS) is 2. The van der Waals surface area contributed by atoms with E-state index < -0.39 is 41.8 Å². The third kappa shape index (κ3) is 6.15. The van der Waals surface area contributed by atoms with Crippen LogP contribution in [-0.4, -0.2) is 74.8 Å². The number of aryl methyl sites for hydroxylation is 1. The van der Waals surface area contributed by atoms with Gasteiger partial charge in [0.1, 0.15) is 12.7 Å². The number of fused-ring (bicyclic) bond motifs is 1. The fraction of sp³-hybridized carbons (Fsp3) is 0.417. The van der Waals surface area contributed by atoms with Crippen molar-refractivity contribution in [2.24, 2.45) is 12.2 Å². The molecule has 0 unspecified atom stereocenters. The van der Waals surface area contributed by atoms with Gasteiger partial charge in [0, 0.05) is 34.7 Å². The van der Waals surface area contributed by atoms with Gasteiger partial charge in [-0.05, 0) is 26.3 Å². The average molecular weight is 577 g/mol. The second kappa shape index (κ2) is 11.2. The Kier molecular flexibility index (Phi) is 8.13. The molecule has 208 valence electrons. The second-order valence-corrected chi connectivity index (χ2v) is 11.4. The van der Waals surface area contributed by atoms with E-state index in [0.717, 1.165) is 16.2 Å². The summed E-state index contributed by atoms with van der Waals surface area (Å²) in [6.45, 7) is 4.47. The number of thiazole rings is 1. The topological polar surface area (TPSA) is 183 Å². The highest BCUT2D eigenvalue weighted by molar-refractivity contribution is 7.99. The number of hydrogen-bond donors (Lipinski definition) is 3. The van der Waals surface area contributed by atoms with Crippen LogP contribution >= 0.6 is 23.1 Å². The second-order valence-electron chi connectivity index (χ2n) is 9.47. The minimum atomic E-state index is -1.71. The van der Waals surface area contributed by atoms with Crippen molar-refractivity contribution in [1.29, 1.82) is 0 Å². The van der Waals surface area contributed by atoms with Crippen molar-refractivity contribution in [3.05, 3.63) is 46.9 Å². The van der Waals surface area contributed by atoms with Crippen LogP contribution in [0.2, 0.25) is 0 Å². The molecular weight excluding hydrogens is 548 g/mol. The van der Waals surface area contributed by atoms with E-state index in [0.29, 0.717) is 11.3 Å². The number of amides is 1. The number of carbonyl (C=O) groups excluding carboxylic acids is 2. The molecule has 0 spiro atoms. The summed E-state index contributed by atoms with van der Waals surface area (Å²) in [6.07, 6.45) is 2.51. The van der Waals surface area contributed by atoms with Gasteiger partial charge in [-0.25, -0.2) is 14.3 Å². The number of carboxylic acids is 2. The Morgan fingerprint density at radius 3 is 2.69 bits per heavy atom. The first-order chi connectivity index (χ1) is 18.4. The maximum absolute atomic E-state index is 13.2. The van der Waals surface area contributed by atoms with Crippen LogP contribution in [0.1, 0.15) is 26.5 Å². The number of pyridine rings is 1. The highest BCUT2D eigenvalue weighted by Crippen LogP contribution is 2.36. The first kappa shape index (κ1) is 28.3. The Bertz CT molecular complexity index is 1340. The zero-order valence-corrected chi connectivity index (χ0v) is 23.2. The third-order valence-electron chi connectivity index (χ3n) is 6.18. The van der Waals surface area contributed by atoms with Crippen molar-refractivity contribution in [3.8, 4) is 0 Å². The summed E-state index contributed by atoms with van der Waals surface area (Å²) in [5.41, 5.74) is 4.46. The van der Waals surface area contributed by atoms with Crippen molar-refractivity contribution >= 4 is 51.8 Å². The number of nitrogens with two attached hydrogens (primary N) is 1. The third-order valence-corrected chi connectivity index (χ3v) is 7.92. The van der Waals surface area contributed by atoms with Gasteiger partial charge in [-0.1, -0.05) is 5.16 Å². The first-order valence-electron chi connectivity index (χ1n) is 11.8. The molecule has 2 aliphatic rings. The Labute approximate surface area is 232 Å². The van der Waals surface area contributed by atoms with E-state index in [1.165, 1.54) is 31.0 Å². The number of nitrogens with zero attached hydrogens (tertiary/aromatic N) is 4. The van der Waals surface area contributed by atoms with Gasteiger partial charge < -0.3 is 40.5 Å². The highest BCUT2D eigenvalue weighted by Gasteiger charge is 2.48. The Morgan fingerprint density at radius 2 is 2.10 bits per heavy atom. The zero-order chi connectivity index (χ0) is 28.5. The molecule has 2 aliphatic heterocycles. The number of rotatable bonds is 10. The Morgan fingerprint density at radius 1 is 1.41 bits per heavy atom. The van der Waals surface area contributed by atoms with E-state index in [2.05, 4.69) is 15.5 Å². The van der Waals surface area contributed by atoms with Crippen LogP contribution in [0.4, 0.5) is 5.13 Å². The SMILES string of the molecule is C[C@@H]1O[C@@H]2[C@H](NC(=O)/C(=N\OC(C)(C)C(=O)O)c3csc(N)n3)CN2C(C(=O)[O-])=C1CSc1cc[n+](C)cc1. The molecule has 3 atom stereocenters. The van der Waals surface area contributed by atoms with Crippen LogP contribution in [-0.2, 0) is 31.0 Å². The number of thioether (sulfide) groups is 1. The lowest BCUT2D eigenvalue weighted by atomic mass is 9.97. The smallest absolute Gasteiger partial charge is 0.350 e. The molecule has 0 bridgehead atoms. The quantitative estimate of drug-likeness (QED) is 0.143. The minimum absolute atomic E-state index is 0.0472. The summed E-state index contributed by atoms with van der Waals surface area (Å²) in [7, 11) is 1.91. The molecule has 1 amide bonds. The van der Waals surface area contributed by atoms with Crippen LogP contribution in [0.15, 0.2) is 51.2 Å². The van der Waals surface area contributed by atoms with Gasteiger partial charge in [0.2, 0.25) is 5.60 Å². The van der Waals surface area contributed by atoms with Gasteiger partial charge in [0.15, 0.2) is 29.5 Å². The number of aromatic nitrogens is 2. The number of oxime groups is 1. The van der Waals surface area contributed by atoms with Crippen LogP contribution in [0.5, 0.6) is 0 Å². The summed E-state index contributed by atoms with van der Waals surface area (Å²) in [5.74, 6) is -2.92. The molecule has 4 N–H and O–H groups in total. The van der Waals surface area contributed by atoms with E-state index >= 15 is 0 Å². The average Bonchev–Trinajstić information content (AvgIpc) is 3.29. The lowest BCUT2D eigenvalue weighted by molar-refractivity contribution is -0.671. The Hall–Kier alpha value is -3.69. The molecule has 15 heteroatoms. The van der Waals surface area contributed by atoms with E-state index in [9.17, 15) is 24.6 Å². The number of anilines is 1. The number of aliphatic carboxylic acids is 2. The van der Waals surface area contributed by atoms with Crippen LogP contribution in [0.3, 0.4) is 0 Å². The molecule has 0 aromatic carbocycles. The Balaban J connectivity index is 1.50. The first-order valence-corrected chi connectivity index (χ1v) is 13.7. The molecule has 2 aromatic rings. The van der Waals surface area contributed by atoms with E-state index in [4.69, 9.17) is 15.3 Å². The van der Waals surface area contributed by atoms with Crippen molar-refractivity contribution in [2.75, 3.05) is 18.0 Å². The highest BCUT2D eigenvalue weighted by atomic mass is 32.2. The summed E-state index contributed by atoms with van der Waals surface area (Å²) in [4.78, 5) is 48.5. The van der Waals surface area contributed by atoms with Gasteiger partial charge in [-0.3, -0.25) is 4.79 Å². The number of nitrogen functional groups attached to an aromatic ring is 1. The number of ether oxygens (including phenoxy) is 1. The van der Waals surface area contributed by atoms with Crippen molar-refractivity contribution < 1.29 is 38.7 Å². The van der Waals surface area contributed by atoms with E-state index in [1.807, 2.05) is 36.1 Å². The summed E-state index contributed by atoms with van der Waals surface area (Å²) in [5, 5.41) is 29.7. The fourth-order valence-electron chi connectivity index (χ4n) is 3.87. The summed E-state index contributed by atoms with van der Waals surface area (Å²) >= 11 is 2.56. The molecule has 39 heavy (non-hydrogen) atoms. The minimum Gasteiger partial charge on any atom is -0.543 e. The fourth-order valence-corrected chi connectivity index (χ4v) is 5.43. The lowest BCUT2D eigenvalue weighted by Crippen LogP contribution is -2.71. The maximum Gasteiger partial charge on any atom is 0.350 e.